The number of hydrogen-bond acceptors (Lipinski definition) is 1. The van der Waals surface area contributed by atoms with Crippen molar-refractivity contribution in [2.45, 2.75) is 6.92 Å². The van der Waals surface area contributed by atoms with E-state index in [0.717, 1.165) is 0 Å². The molecule has 0 spiro atoms. The maximum absolute atomic E-state index is 10.2. The molecule has 2 heteroatoms. The molecule has 0 aromatic heterocycles. The summed E-state index contributed by atoms with van der Waals surface area (Å²) in [6.45, 7) is 1.58. The van der Waals surface area contributed by atoms with E-state index in [1.807, 2.05) is 12.5 Å². The molecule has 0 radical (unpaired) electrons. The van der Waals surface area contributed by atoms with E-state index in [4.69, 9.17) is 0 Å². The molecule has 0 fully saturated rings. The number of allylic oxidation sites excluding steroid dienone is 1. The summed E-state index contributed by atoms with van der Waals surface area (Å²) in [5, 5.41) is 11.9. The molecule has 0 amide bonds. The van der Waals surface area contributed by atoms with Crippen LogP contribution in [0.3, 0.4) is 0 Å². The average molecular weight is 118 g/mol. The van der Waals surface area contributed by atoms with Crippen LogP contribution in [-0.2, 0) is 10.9 Å². The lowest BCUT2D eigenvalue weighted by atomic mass is 10.7. The van der Waals surface area contributed by atoms with Crippen LogP contribution >= 0.6 is 0 Å². The van der Waals surface area contributed by atoms with Gasteiger partial charge in [-0.15, -0.1) is 0 Å². The van der Waals surface area contributed by atoms with Gasteiger partial charge in [-0.05, 0) is 0 Å². The predicted molar refractivity (Wildman–Crippen MR) is 33.0 cm³/mol. The summed E-state index contributed by atoms with van der Waals surface area (Å²) in [5.41, 5.74) is 0. The Bertz CT molecular complexity index is 72.1. The standard InChI is InChI=1S/C5H10OS/c1-5(6)4-7(2)3/h4H,1-3H3/b5-4-. The van der Waals surface area contributed by atoms with E-state index in [0.29, 0.717) is 0 Å². The molecule has 0 saturated heterocycles. The molecule has 0 aliphatic heterocycles. The number of rotatable bonds is 1. The summed E-state index contributed by atoms with van der Waals surface area (Å²) >= 11 is 0. The van der Waals surface area contributed by atoms with Gasteiger partial charge in [0.15, 0.2) is 0 Å². The lowest BCUT2D eigenvalue weighted by Gasteiger charge is -1.97. The van der Waals surface area contributed by atoms with Crippen LogP contribution in [0.15, 0.2) is 11.2 Å². The van der Waals surface area contributed by atoms with Gasteiger partial charge in [0.1, 0.15) is 17.9 Å². The highest BCUT2D eigenvalue weighted by Crippen LogP contribution is 1.87. The highest BCUT2D eigenvalue weighted by molar-refractivity contribution is 7.98. The predicted octanol–water partition coefficient (Wildman–Crippen LogP) is 0.0859. The van der Waals surface area contributed by atoms with E-state index < -0.39 is 0 Å². The normalized spacial score (nSPS) is 12.9. The molecule has 0 rings (SSSR count). The lowest BCUT2D eigenvalue weighted by Crippen LogP contribution is -2.01. The average Bonchev–Trinajstić information content (AvgIpc) is 1.27. The first-order valence-corrected chi connectivity index (χ1v) is 4.15. The molecule has 1 nitrogen and oxygen atoms in total. The molecule has 0 atom stereocenters. The second kappa shape index (κ2) is 2.97. The fraction of sp³-hybridized carbons (Fsp3) is 0.600. The topological polar surface area (TPSA) is 23.1 Å². The van der Waals surface area contributed by atoms with Gasteiger partial charge >= 0.3 is 0 Å². The quantitative estimate of drug-likeness (QED) is 0.353. The SMILES string of the molecule is C/C([O-])=C/[S+](C)C. The summed E-state index contributed by atoms with van der Waals surface area (Å²) in [6.07, 6.45) is 4.03. The third-order valence-electron chi connectivity index (χ3n) is 0.402. The maximum Gasteiger partial charge on any atom is 0.106 e. The Morgan fingerprint density at radius 3 is 2.00 bits per heavy atom. The van der Waals surface area contributed by atoms with Crippen molar-refractivity contribution in [3.63, 3.8) is 0 Å². The molecular formula is C5H10OS. The zero-order chi connectivity index (χ0) is 5.86. The lowest BCUT2D eigenvalue weighted by molar-refractivity contribution is -0.301. The van der Waals surface area contributed by atoms with Crippen molar-refractivity contribution in [3.8, 4) is 0 Å². The molecular weight excluding hydrogens is 108 g/mol. The van der Waals surface area contributed by atoms with Crippen LogP contribution in [0.4, 0.5) is 0 Å². The highest BCUT2D eigenvalue weighted by atomic mass is 32.2. The van der Waals surface area contributed by atoms with Crippen molar-refractivity contribution < 1.29 is 5.11 Å². The summed E-state index contributed by atoms with van der Waals surface area (Å²) in [5.74, 6) is 0.174. The maximum atomic E-state index is 10.2. The highest BCUT2D eigenvalue weighted by Gasteiger charge is 1.89. The smallest absolute Gasteiger partial charge is 0.106 e. The Kier molecular flexibility index (Phi) is 2.92. The third-order valence-corrected chi connectivity index (χ3v) is 1.20. The zero-order valence-electron chi connectivity index (χ0n) is 4.89. The van der Waals surface area contributed by atoms with Gasteiger partial charge in [-0.25, -0.2) is 0 Å². The van der Waals surface area contributed by atoms with Crippen molar-refractivity contribution in [2.24, 2.45) is 0 Å². The van der Waals surface area contributed by atoms with Crippen LogP contribution in [0, 0.1) is 0 Å². The summed E-state index contributed by atoms with van der Waals surface area (Å²) in [4.78, 5) is 0. The minimum absolute atomic E-state index is 0.174. The van der Waals surface area contributed by atoms with Crippen molar-refractivity contribution in [2.75, 3.05) is 12.5 Å². The summed E-state index contributed by atoms with van der Waals surface area (Å²) in [6, 6.07) is 0. The van der Waals surface area contributed by atoms with E-state index in [9.17, 15) is 5.11 Å². The minimum atomic E-state index is 0.174. The fourth-order valence-electron chi connectivity index (χ4n) is 0.332. The molecule has 0 unspecified atom stereocenters. The van der Waals surface area contributed by atoms with Gasteiger partial charge in [-0.1, -0.05) is 12.7 Å². The molecule has 0 aliphatic rings. The van der Waals surface area contributed by atoms with Crippen LogP contribution < -0.4 is 5.11 Å². The van der Waals surface area contributed by atoms with Gasteiger partial charge < -0.3 is 5.11 Å². The Labute approximate surface area is 47.4 Å². The van der Waals surface area contributed by atoms with E-state index in [2.05, 4.69) is 0 Å². The molecule has 0 N–H and O–H groups in total. The van der Waals surface area contributed by atoms with E-state index in [-0.39, 0.29) is 16.7 Å². The Morgan fingerprint density at radius 2 is 2.00 bits per heavy atom. The van der Waals surface area contributed by atoms with E-state index in [1.54, 1.807) is 12.3 Å². The Hall–Kier alpha value is -0.110. The summed E-state index contributed by atoms with van der Waals surface area (Å²) < 4.78 is 0. The molecule has 0 aromatic rings. The molecule has 0 bridgehead atoms. The largest absolute Gasteiger partial charge is 0.873 e. The zero-order valence-corrected chi connectivity index (χ0v) is 5.71. The fourth-order valence-corrected chi connectivity index (χ4v) is 0.996. The van der Waals surface area contributed by atoms with Crippen LogP contribution in [0.1, 0.15) is 6.92 Å². The first-order valence-electron chi connectivity index (χ1n) is 2.04. The third kappa shape index (κ3) is 5.89. The summed E-state index contributed by atoms with van der Waals surface area (Å²) in [7, 11) is 0.180. The second-order valence-electron chi connectivity index (χ2n) is 1.61. The van der Waals surface area contributed by atoms with Gasteiger partial charge in [-0.3, -0.25) is 0 Å². The molecule has 0 heterocycles. The van der Waals surface area contributed by atoms with Crippen LogP contribution in [0.5, 0.6) is 0 Å². The molecule has 7 heavy (non-hydrogen) atoms. The van der Waals surface area contributed by atoms with Gasteiger partial charge in [0.2, 0.25) is 0 Å². The van der Waals surface area contributed by atoms with Gasteiger partial charge in [0, 0.05) is 10.9 Å². The number of hydrogen-bond donors (Lipinski definition) is 0. The molecule has 42 valence electrons. The van der Waals surface area contributed by atoms with Gasteiger partial charge in [-0.2, -0.15) is 0 Å². The second-order valence-corrected chi connectivity index (χ2v) is 3.60. The molecule has 0 saturated carbocycles. The monoisotopic (exact) mass is 118 g/mol. The molecule has 0 aliphatic carbocycles. The van der Waals surface area contributed by atoms with E-state index >= 15 is 0 Å². The van der Waals surface area contributed by atoms with Gasteiger partial charge in [0.05, 0.1) is 0 Å². The van der Waals surface area contributed by atoms with Crippen molar-refractivity contribution in [1.29, 1.82) is 0 Å². The van der Waals surface area contributed by atoms with Crippen LogP contribution in [0.25, 0.3) is 0 Å². The van der Waals surface area contributed by atoms with Gasteiger partial charge in [0.25, 0.3) is 0 Å². The van der Waals surface area contributed by atoms with Crippen molar-refractivity contribution in [1.82, 2.24) is 0 Å². The van der Waals surface area contributed by atoms with Crippen molar-refractivity contribution in [3.05, 3.63) is 11.2 Å². The van der Waals surface area contributed by atoms with Crippen LogP contribution in [-0.4, -0.2) is 12.5 Å². The molecule has 0 aromatic carbocycles. The van der Waals surface area contributed by atoms with E-state index in [1.165, 1.54) is 0 Å². The first-order chi connectivity index (χ1) is 3.13. The Balaban J connectivity index is 3.45. The van der Waals surface area contributed by atoms with Crippen molar-refractivity contribution >= 4 is 10.9 Å². The van der Waals surface area contributed by atoms with Crippen LogP contribution in [0.2, 0.25) is 0 Å². The minimum Gasteiger partial charge on any atom is -0.873 e. The first kappa shape index (κ1) is 6.89. The Morgan fingerprint density at radius 1 is 1.57 bits per heavy atom.